The largest absolute Gasteiger partial charge is 0.462 e. The van der Waals surface area contributed by atoms with Crippen LogP contribution < -0.4 is 0 Å². The second kappa shape index (κ2) is 5.43. The molecule has 1 heterocycles. The van der Waals surface area contributed by atoms with Gasteiger partial charge in [-0.2, -0.15) is 0 Å². The van der Waals surface area contributed by atoms with Gasteiger partial charge in [0.05, 0.1) is 18.3 Å². The summed E-state index contributed by atoms with van der Waals surface area (Å²) >= 11 is 0. The fourth-order valence-electron chi connectivity index (χ4n) is 3.37. The summed E-state index contributed by atoms with van der Waals surface area (Å²) < 4.78 is 11.2. The average Bonchev–Trinajstić information content (AvgIpc) is 2.38. The third-order valence-electron chi connectivity index (χ3n) is 4.38. The third-order valence-corrected chi connectivity index (χ3v) is 4.38. The van der Waals surface area contributed by atoms with Gasteiger partial charge in [0.2, 0.25) is 0 Å². The summed E-state index contributed by atoms with van der Waals surface area (Å²) in [5.74, 6) is 0.195. The van der Waals surface area contributed by atoms with E-state index in [1.54, 1.807) is 0 Å². The maximum absolute atomic E-state index is 12.0. The minimum atomic E-state index is -0.435. The summed E-state index contributed by atoms with van der Waals surface area (Å²) in [6, 6.07) is 0. The molecule has 1 aliphatic carbocycles. The van der Waals surface area contributed by atoms with Crippen LogP contribution in [0.15, 0.2) is 12.2 Å². The molecule has 18 heavy (non-hydrogen) atoms. The number of hydrogen-bond donors (Lipinski definition) is 0. The second-order valence-electron chi connectivity index (χ2n) is 5.40. The number of esters is 1. The summed E-state index contributed by atoms with van der Waals surface area (Å²) in [4.78, 5) is 12.0. The Morgan fingerprint density at radius 3 is 2.72 bits per heavy atom. The van der Waals surface area contributed by atoms with Gasteiger partial charge in [0.25, 0.3) is 0 Å². The van der Waals surface area contributed by atoms with Crippen LogP contribution in [0.1, 0.15) is 52.4 Å². The first-order valence-electron chi connectivity index (χ1n) is 7.20. The van der Waals surface area contributed by atoms with Crippen molar-refractivity contribution in [2.75, 3.05) is 6.61 Å². The van der Waals surface area contributed by atoms with Gasteiger partial charge in [0, 0.05) is 5.92 Å². The van der Waals surface area contributed by atoms with E-state index in [0.29, 0.717) is 24.2 Å². The van der Waals surface area contributed by atoms with E-state index in [1.807, 2.05) is 6.92 Å². The first-order valence-corrected chi connectivity index (χ1v) is 7.20. The molecule has 2 aliphatic rings. The molecule has 3 nitrogen and oxygen atoms in total. The highest BCUT2D eigenvalue weighted by Crippen LogP contribution is 2.52. The second-order valence-corrected chi connectivity index (χ2v) is 5.40. The predicted molar refractivity (Wildman–Crippen MR) is 70.2 cm³/mol. The Bertz CT molecular complexity index is 337. The zero-order valence-electron chi connectivity index (χ0n) is 11.5. The van der Waals surface area contributed by atoms with Gasteiger partial charge in [-0.25, -0.2) is 4.79 Å². The highest BCUT2D eigenvalue weighted by atomic mass is 16.6. The van der Waals surface area contributed by atoms with Gasteiger partial charge in [-0.15, -0.1) is 0 Å². The molecule has 0 aromatic rings. The SMILES string of the molecule is C=C(C(=O)OCCC)C1(CC)OC2CCCCC21. The van der Waals surface area contributed by atoms with Crippen LogP contribution >= 0.6 is 0 Å². The topological polar surface area (TPSA) is 35.5 Å². The average molecular weight is 252 g/mol. The van der Waals surface area contributed by atoms with Crippen molar-refractivity contribution in [3.05, 3.63) is 12.2 Å². The summed E-state index contributed by atoms with van der Waals surface area (Å²) in [6.45, 7) is 8.49. The van der Waals surface area contributed by atoms with E-state index in [-0.39, 0.29) is 5.97 Å². The van der Waals surface area contributed by atoms with Gasteiger partial charge < -0.3 is 9.47 Å². The van der Waals surface area contributed by atoms with E-state index >= 15 is 0 Å². The minimum absolute atomic E-state index is 0.275. The van der Waals surface area contributed by atoms with Crippen molar-refractivity contribution < 1.29 is 14.3 Å². The molecular weight excluding hydrogens is 228 g/mol. The number of hydrogen-bond acceptors (Lipinski definition) is 3. The van der Waals surface area contributed by atoms with Gasteiger partial charge in [0.1, 0.15) is 5.60 Å². The first kappa shape index (κ1) is 13.6. The van der Waals surface area contributed by atoms with Crippen molar-refractivity contribution >= 4 is 5.97 Å². The standard InChI is InChI=1S/C15H24O3/c1-4-10-17-14(16)11(3)15(5-2)12-8-6-7-9-13(12)18-15/h12-13H,3-10H2,1-2H3. The quantitative estimate of drug-likeness (QED) is 0.556. The molecule has 0 amide bonds. The highest BCUT2D eigenvalue weighted by molar-refractivity contribution is 5.90. The maximum Gasteiger partial charge on any atom is 0.336 e. The van der Waals surface area contributed by atoms with Crippen LogP contribution in [0.5, 0.6) is 0 Å². The Balaban J connectivity index is 2.04. The number of ether oxygens (including phenoxy) is 2. The lowest BCUT2D eigenvalue weighted by molar-refractivity contribution is -0.255. The van der Waals surface area contributed by atoms with Crippen LogP contribution in [0.25, 0.3) is 0 Å². The predicted octanol–water partition coefficient (Wildman–Crippen LogP) is 3.23. The Morgan fingerprint density at radius 2 is 2.11 bits per heavy atom. The van der Waals surface area contributed by atoms with Gasteiger partial charge in [0.15, 0.2) is 0 Å². The first-order chi connectivity index (χ1) is 8.65. The lowest BCUT2D eigenvalue weighted by Crippen LogP contribution is -2.62. The molecule has 3 unspecified atom stereocenters. The van der Waals surface area contributed by atoms with Crippen molar-refractivity contribution in [2.24, 2.45) is 5.92 Å². The fourth-order valence-corrected chi connectivity index (χ4v) is 3.37. The number of fused-ring (bicyclic) bond motifs is 1. The Labute approximate surface area is 110 Å². The van der Waals surface area contributed by atoms with Gasteiger partial charge in [-0.3, -0.25) is 0 Å². The molecule has 0 radical (unpaired) electrons. The summed E-state index contributed by atoms with van der Waals surface area (Å²) in [6.07, 6.45) is 6.76. The molecule has 0 bridgehead atoms. The Morgan fingerprint density at radius 1 is 1.39 bits per heavy atom. The van der Waals surface area contributed by atoms with E-state index in [4.69, 9.17) is 9.47 Å². The third kappa shape index (κ3) is 2.09. The van der Waals surface area contributed by atoms with Crippen LogP contribution in [0.2, 0.25) is 0 Å². The van der Waals surface area contributed by atoms with Crippen LogP contribution in [0.3, 0.4) is 0 Å². The van der Waals surface area contributed by atoms with Gasteiger partial charge in [-0.1, -0.05) is 33.3 Å². The van der Waals surface area contributed by atoms with Crippen molar-refractivity contribution in [1.82, 2.24) is 0 Å². The van der Waals surface area contributed by atoms with Crippen LogP contribution in [0.4, 0.5) is 0 Å². The molecule has 1 saturated heterocycles. The van der Waals surface area contributed by atoms with Crippen LogP contribution in [-0.2, 0) is 14.3 Å². The monoisotopic (exact) mass is 252 g/mol. The van der Waals surface area contributed by atoms with Crippen LogP contribution in [0, 0.1) is 5.92 Å². The molecular formula is C15H24O3. The van der Waals surface area contributed by atoms with E-state index in [0.717, 1.165) is 25.7 Å². The number of carbonyl (C=O) groups excluding carboxylic acids is 1. The zero-order valence-corrected chi connectivity index (χ0v) is 11.5. The molecule has 102 valence electrons. The lowest BCUT2D eigenvalue weighted by Gasteiger charge is -2.57. The smallest absolute Gasteiger partial charge is 0.336 e. The fraction of sp³-hybridized carbons (Fsp3) is 0.800. The lowest BCUT2D eigenvalue weighted by atomic mass is 9.65. The molecule has 1 saturated carbocycles. The van der Waals surface area contributed by atoms with Crippen molar-refractivity contribution in [3.63, 3.8) is 0 Å². The molecule has 3 heteroatoms. The molecule has 0 N–H and O–H groups in total. The summed E-state index contributed by atoms with van der Waals surface area (Å²) in [5.41, 5.74) is 0.0946. The van der Waals surface area contributed by atoms with Crippen molar-refractivity contribution in [2.45, 2.75) is 64.1 Å². The Hall–Kier alpha value is -0.830. The molecule has 1 aliphatic heterocycles. The summed E-state index contributed by atoms with van der Waals surface area (Å²) in [5, 5.41) is 0. The molecule has 2 fully saturated rings. The van der Waals surface area contributed by atoms with E-state index < -0.39 is 5.60 Å². The summed E-state index contributed by atoms with van der Waals surface area (Å²) in [7, 11) is 0. The maximum atomic E-state index is 12.0. The van der Waals surface area contributed by atoms with Crippen molar-refractivity contribution in [3.8, 4) is 0 Å². The number of rotatable bonds is 5. The molecule has 2 rings (SSSR count). The van der Waals surface area contributed by atoms with Gasteiger partial charge >= 0.3 is 5.97 Å². The molecule has 0 aromatic carbocycles. The zero-order chi connectivity index (χ0) is 13.2. The van der Waals surface area contributed by atoms with Gasteiger partial charge in [-0.05, 0) is 25.7 Å². The molecule has 3 atom stereocenters. The molecule has 0 aromatic heterocycles. The van der Waals surface area contributed by atoms with E-state index in [2.05, 4.69) is 13.5 Å². The highest BCUT2D eigenvalue weighted by Gasteiger charge is 2.57. The Kier molecular flexibility index (Phi) is 4.10. The minimum Gasteiger partial charge on any atom is -0.462 e. The van der Waals surface area contributed by atoms with Crippen LogP contribution in [-0.4, -0.2) is 24.3 Å². The normalized spacial score (nSPS) is 34.3. The van der Waals surface area contributed by atoms with E-state index in [9.17, 15) is 4.79 Å². The van der Waals surface area contributed by atoms with Crippen molar-refractivity contribution in [1.29, 1.82) is 0 Å². The molecule has 0 spiro atoms. The number of carbonyl (C=O) groups is 1. The van der Waals surface area contributed by atoms with E-state index in [1.165, 1.54) is 12.8 Å².